The Labute approximate surface area is 136 Å². The average molecular weight is 346 g/mol. The molecular formula is C14H11Cl3N2O2. The number of nitrogens with one attached hydrogen (secondary N) is 1. The van der Waals surface area contributed by atoms with Crippen molar-refractivity contribution in [2.45, 2.75) is 6.10 Å². The first-order valence-corrected chi connectivity index (χ1v) is 7.13. The molecule has 4 nitrogen and oxygen atoms in total. The molecule has 0 unspecified atom stereocenters. The number of rotatable bonds is 4. The van der Waals surface area contributed by atoms with Gasteiger partial charge >= 0.3 is 0 Å². The molecule has 1 aromatic heterocycles. The van der Waals surface area contributed by atoms with Gasteiger partial charge in [-0.1, -0.05) is 34.8 Å². The zero-order valence-electron chi connectivity index (χ0n) is 10.7. The zero-order chi connectivity index (χ0) is 15.4. The van der Waals surface area contributed by atoms with Crippen molar-refractivity contribution in [3.63, 3.8) is 0 Å². The molecule has 0 bridgehead atoms. The van der Waals surface area contributed by atoms with Crippen molar-refractivity contribution in [3.05, 3.63) is 62.9 Å². The number of halogens is 3. The Morgan fingerprint density at radius 2 is 1.76 bits per heavy atom. The second-order valence-corrected chi connectivity index (χ2v) is 5.42. The molecule has 0 aliphatic carbocycles. The van der Waals surface area contributed by atoms with E-state index in [9.17, 15) is 9.90 Å². The molecule has 2 aromatic rings. The lowest BCUT2D eigenvalue weighted by Gasteiger charge is -2.13. The molecule has 0 spiro atoms. The Kier molecular flexibility index (Phi) is 5.42. The summed E-state index contributed by atoms with van der Waals surface area (Å²) in [6.45, 7) is 0.0159. The van der Waals surface area contributed by atoms with Gasteiger partial charge in [0.15, 0.2) is 0 Å². The molecule has 1 atom stereocenters. The molecule has 0 saturated heterocycles. The van der Waals surface area contributed by atoms with Gasteiger partial charge in [0.1, 0.15) is 0 Å². The molecule has 0 radical (unpaired) electrons. The minimum atomic E-state index is -0.853. The van der Waals surface area contributed by atoms with E-state index in [-0.39, 0.29) is 27.2 Å². The van der Waals surface area contributed by atoms with Crippen LogP contribution in [0.4, 0.5) is 0 Å². The quantitative estimate of drug-likeness (QED) is 0.834. The monoisotopic (exact) mass is 344 g/mol. The number of aromatic nitrogens is 1. The fourth-order valence-corrected chi connectivity index (χ4v) is 2.42. The van der Waals surface area contributed by atoms with Crippen LogP contribution in [0.2, 0.25) is 15.1 Å². The predicted molar refractivity (Wildman–Crippen MR) is 83.0 cm³/mol. The van der Waals surface area contributed by atoms with E-state index in [2.05, 4.69) is 10.3 Å². The number of nitrogens with zero attached hydrogens (tertiary/aromatic N) is 1. The maximum atomic E-state index is 12.1. The highest BCUT2D eigenvalue weighted by Crippen LogP contribution is 2.31. The third-order valence-corrected chi connectivity index (χ3v) is 3.94. The van der Waals surface area contributed by atoms with Crippen molar-refractivity contribution < 1.29 is 9.90 Å². The molecule has 110 valence electrons. The summed E-state index contributed by atoms with van der Waals surface area (Å²) in [7, 11) is 0. The summed E-state index contributed by atoms with van der Waals surface area (Å²) in [6.07, 6.45) is 2.27. The second kappa shape index (κ2) is 7.09. The van der Waals surface area contributed by atoms with Crippen LogP contribution >= 0.6 is 34.8 Å². The van der Waals surface area contributed by atoms with Gasteiger partial charge in [-0.25, -0.2) is 0 Å². The first-order chi connectivity index (χ1) is 10.0. The molecule has 1 aromatic carbocycles. The lowest BCUT2D eigenvalue weighted by Crippen LogP contribution is -2.28. The zero-order valence-corrected chi connectivity index (χ0v) is 13.0. The van der Waals surface area contributed by atoms with Crippen molar-refractivity contribution in [1.82, 2.24) is 10.3 Å². The van der Waals surface area contributed by atoms with Gasteiger partial charge in [-0.2, -0.15) is 0 Å². The molecule has 1 heterocycles. The average Bonchev–Trinajstić information content (AvgIpc) is 2.50. The summed E-state index contributed by atoms with van der Waals surface area (Å²) in [5.74, 6) is -0.499. The van der Waals surface area contributed by atoms with Gasteiger partial charge in [0.25, 0.3) is 5.91 Å². The number of carbonyl (C=O) groups is 1. The van der Waals surface area contributed by atoms with Crippen molar-refractivity contribution in [2.75, 3.05) is 6.54 Å². The lowest BCUT2D eigenvalue weighted by atomic mass is 10.1. The Balaban J connectivity index is 2.08. The molecule has 0 aliphatic rings. The van der Waals surface area contributed by atoms with Crippen LogP contribution in [0.15, 0.2) is 36.7 Å². The molecule has 0 fully saturated rings. The van der Waals surface area contributed by atoms with E-state index in [0.717, 1.165) is 0 Å². The van der Waals surface area contributed by atoms with Crippen molar-refractivity contribution in [2.24, 2.45) is 0 Å². The molecule has 7 heteroatoms. The summed E-state index contributed by atoms with van der Waals surface area (Å²) < 4.78 is 0. The molecule has 2 rings (SSSR count). The summed E-state index contributed by atoms with van der Waals surface area (Å²) in [5, 5.41) is 13.1. The smallest absolute Gasteiger partial charge is 0.254 e. The third-order valence-electron chi connectivity index (χ3n) is 2.82. The summed E-state index contributed by atoms with van der Waals surface area (Å²) in [4.78, 5) is 16.0. The number of benzene rings is 1. The highest BCUT2D eigenvalue weighted by molar-refractivity contribution is 6.46. The van der Waals surface area contributed by atoms with Crippen LogP contribution in [0.1, 0.15) is 22.0 Å². The number of hydrogen-bond donors (Lipinski definition) is 2. The minimum Gasteiger partial charge on any atom is -0.387 e. The van der Waals surface area contributed by atoms with Crippen LogP contribution in [0, 0.1) is 0 Å². The molecule has 1 amide bonds. The number of pyridine rings is 1. The Hall–Kier alpha value is -1.33. The maximum absolute atomic E-state index is 12.1. The van der Waals surface area contributed by atoms with Gasteiger partial charge in [0, 0.05) is 18.9 Å². The van der Waals surface area contributed by atoms with Crippen LogP contribution < -0.4 is 5.32 Å². The summed E-state index contributed by atoms with van der Waals surface area (Å²) >= 11 is 17.8. The van der Waals surface area contributed by atoms with Gasteiger partial charge in [0.2, 0.25) is 0 Å². The molecule has 0 saturated carbocycles. The largest absolute Gasteiger partial charge is 0.387 e. The van der Waals surface area contributed by atoms with Crippen molar-refractivity contribution in [3.8, 4) is 0 Å². The van der Waals surface area contributed by atoms with Crippen LogP contribution in [-0.2, 0) is 0 Å². The first-order valence-electron chi connectivity index (χ1n) is 6.00. The number of aliphatic hydroxyl groups is 1. The fourth-order valence-electron chi connectivity index (χ4n) is 1.72. The third kappa shape index (κ3) is 3.86. The predicted octanol–water partition coefficient (Wildman–Crippen LogP) is 3.51. The Morgan fingerprint density at radius 1 is 1.14 bits per heavy atom. The normalized spacial score (nSPS) is 12.0. The number of hydrogen-bond acceptors (Lipinski definition) is 3. The topological polar surface area (TPSA) is 62.2 Å². The van der Waals surface area contributed by atoms with Crippen molar-refractivity contribution in [1.29, 1.82) is 0 Å². The highest BCUT2D eigenvalue weighted by atomic mass is 35.5. The van der Waals surface area contributed by atoms with E-state index < -0.39 is 12.0 Å². The molecule has 2 N–H and O–H groups in total. The standard InChI is InChI=1S/C14H11Cl3N2O2/c15-9-1-2-10(16)13(17)12(9)14(21)19-7-11(20)8-3-5-18-6-4-8/h1-6,11,20H,7H2,(H,19,21)/t11-/m0/s1. The van der Waals surface area contributed by atoms with Crippen LogP contribution in [-0.4, -0.2) is 22.5 Å². The van der Waals surface area contributed by atoms with Crippen LogP contribution in [0.3, 0.4) is 0 Å². The number of aliphatic hydroxyl groups excluding tert-OH is 1. The van der Waals surface area contributed by atoms with Gasteiger partial charge in [-0.15, -0.1) is 0 Å². The Morgan fingerprint density at radius 3 is 2.43 bits per heavy atom. The van der Waals surface area contributed by atoms with Crippen LogP contribution in [0.25, 0.3) is 0 Å². The van der Waals surface area contributed by atoms with E-state index >= 15 is 0 Å². The van der Waals surface area contributed by atoms with Gasteiger partial charge in [-0.3, -0.25) is 9.78 Å². The van der Waals surface area contributed by atoms with Gasteiger partial charge < -0.3 is 10.4 Å². The lowest BCUT2D eigenvalue weighted by molar-refractivity contribution is 0.0916. The molecular weight excluding hydrogens is 335 g/mol. The van der Waals surface area contributed by atoms with E-state index in [4.69, 9.17) is 34.8 Å². The number of amides is 1. The SMILES string of the molecule is O=C(NC[C@H](O)c1ccncc1)c1c(Cl)ccc(Cl)c1Cl. The van der Waals surface area contributed by atoms with Gasteiger partial charge in [0.05, 0.1) is 26.7 Å². The van der Waals surface area contributed by atoms with Crippen molar-refractivity contribution >= 4 is 40.7 Å². The minimum absolute atomic E-state index is 0.0159. The van der Waals surface area contributed by atoms with E-state index in [1.54, 1.807) is 24.5 Å². The van der Waals surface area contributed by atoms with E-state index in [1.165, 1.54) is 12.1 Å². The highest BCUT2D eigenvalue weighted by Gasteiger charge is 2.18. The number of carbonyl (C=O) groups excluding carboxylic acids is 1. The Bertz CT molecular complexity index is 650. The second-order valence-electron chi connectivity index (χ2n) is 4.22. The van der Waals surface area contributed by atoms with Gasteiger partial charge in [-0.05, 0) is 29.8 Å². The van der Waals surface area contributed by atoms with Crippen LogP contribution in [0.5, 0.6) is 0 Å². The molecule has 0 aliphatic heterocycles. The molecule has 21 heavy (non-hydrogen) atoms. The summed E-state index contributed by atoms with van der Waals surface area (Å²) in [6, 6.07) is 6.32. The summed E-state index contributed by atoms with van der Waals surface area (Å²) in [5.41, 5.74) is 0.737. The van der Waals surface area contributed by atoms with E-state index in [0.29, 0.717) is 5.56 Å². The maximum Gasteiger partial charge on any atom is 0.254 e. The van der Waals surface area contributed by atoms with E-state index in [1.807, 2.05) is 0 Å². The first kappa shape index (κ1) is 16.0. The fraction of sp³-hybridized carbons (Fsp3) is 0.143.